The molecule has 1 unspecified atom stereocenters. The van der Waals surface area contributed by atoms with Crippen LogP contribution in [0.2, 0.25) is 0 Å². The van der Waals surface area contributed by atoms with Crippen LogP contribution in [0.4, 0.5) is 0 Å². The molecule has 8 nitrogen and oxygen atoms in total. The first-order chi connectivity index (χ1) is 12.0. The lowest BCUT2D eigenvalue weighted by atomic mass is 9.93. The normalized spacial score (nSPS) is 17.0. The Hall–Kier alpha value is -2.03. The van der Waals surface area contributed by atoms with Gasteiger partial charge < -0.3 is 10.3 Å². The van der Waals surface area contributed by atoms with Gasteiger partial charge in [-0.15, -0.1) is 11.6 Å². The van der Waals surface area contributed by atoms with Crippen molar-refractivity contribution in [2.24, 2.45) is 12.8 Å². The second kappa shape index (κ2) is 7.07. The summed E-state index contributed by atoms with van der Waals surface area (Å²) in [6.07, 6.45) is 2.67. The maximum absolute atomic E-state index is 12.0. The molecule has 3 aliphatic rings. The highest BCUT2D eigenvalue weighted by Gasteiger charge is 2.29. The van der Waals surface area contributed by atoms with Crippen LogP contribution >= 0.6 is 11.6 Å². The summed E-state index contributed by atoms with van der Waals surface area (Å²) in [6, 6.07) is 0.147. The van der Waals surface area contributed by atoms with Gasteiger partial charge in [0.1, 0.15) is 0 Å². The molecule has 3 N–H and O–H groups in total. The zero-order valence-corrected chi connectivity index (χ0v) is 15.0. The predicted molar refractivity (Wildman–Crippen MR) is 97.0 cm³/mol. The van der Waals surface area contributed by atoms with Crippen LogP contribution < -0.4 is 17.0 Å². The summed E-state index contributed by atoms with van der Waals surface area (Å²) in [4.78, 5) is 36.4. The number of rotatable bonds is 5. The molecule has 0 bridgehead atoms. The van der Waals surface area contributed by atoms with Crippen molar-refractivity contribution in [1.29, 1.82) is 0 Å². The molecule has 0 aromatic carbocycles. The minimum atomic E-state index is -0.666. The lowest BCUT2D eigenvalue weighted by Crippen LogP contribution is -2.44. The van der Waals surface area contributed by atoms with E-state index in [2.05, 4.69) is 19.9 Å². The van der Waals surface area contributed by atoms with E-state index in [1.807, 2.05) is 13.0 Å². The van der Waals surface area contributed by atoms with Crippen molar-refractivity contribution in [2.75, 3.05) is 25.5 Å². The van der Waals surface area contributed by atoms with Crippen LogP contribution in [0.3, 0.4) is 0 Å². The fraction of sp³-hybridized carbons (Fsp3) is 0.500. The van der Waals surface area contributed by atoms with Gasteiger partial charge in [0, 0.05) is 50.7 Å². The molecule has 0 saturated carbocycles. The fourth-order valence-corrected chi connectivity index (χ4v) is 3.60. The van der Waals surface area contributed by atoms with Gasteiger partial charge >= 0.3 is 5.69 Å². The Morgan fingerprint density at radius 2 is 2.16 bits per heavy atom. The number of hydrogen-bond donors (Lipinski definition) is 2. The molecule has 0 fully saturated rings. The maximum Gasteiger partial charge on any atom is 0.349 e. The summed E-state index contributed by atoms with van der Waals surface area (Å²) in [5, 5.41) is 0. The number of aromatic amines is 1. The van der Waals surface area contributed by atoms with Gasteiger partial charge in [0.25, 0.3) is 5.56 Å². The Morgan fingerprint density at radius 1 is 1.40 bits per heavy atom. The smallest absolute Gasteiger partial charge is 0.329 e. The molecular weight excluding hydrogens is 344 g/mol. The van der Waals surface area contributed by atoms with Gasteiger partial charge in [-0.3, -0.25) is 14.7 Å². The van der Waals surface area contributed by atoms with Crippen LogP contribution in [-0.4, -0.2) is 56.0 Å². The number of nitrogens with one attached hydrogen (secondary N) is 1. The van der Waals surface area contributed by atoms with Gasteiger partial charge in [-0.05, 0) is 13.0 Å². The van der Waals surface area contributed by atoms with Crippen LogP contribution in [0, 0.1) is 0 Å². The Bertz CT molecular complexity index is 897. The van der Waals surface area contributed by atoms with E-state index < -0.39 is 11.2 Å². The zero-order chi connectivity index (χ0) is 18.1. The Morgan fingerprint density at radius 3 is 2.84 bits per heavy atom. The van der Waals surface area contributed by atoms with E-state index in [-0.39, 0.29) is 11.7 Å². The molecular formula is C16H21ClN6O2. The van der Waals surface area contributed by atoms with Crippen molar-refractivity contribution in [1.82, 2.24) is 24.4 Å². The van der Waals surface area contributed by atoms with E-state index in [1.165, 1.54) is 0 Å². The van der Waals surface area contributed by atoms with Gasteiger partial charge in [0.2, 0.25) is 0 Å². The molecule has 0 amide bonds. The molecule has 1 atom stereocenters. The summed E-state index contributed by atoms with van der Waals surface area (Å²) in [5.41, 5.74) is 7.52. The van der Waals surface area contributed by atoms with Gasteiger partial charge in [-0.25, -0.2) is 9.78 Å². The van der Waals surface area contributed by atoms with Crippen LogP contribution in [0.25, 0.3) is 17.6 Å². The van der Waals surface area contributed by atoms with E-state index in [0.29, 0.717) is 24.7 Å². The van der Waals surface area contributed by atoms with Crippen molar-refractivity contribution >= 4 is 17.7 Å². The molecule has 134 valence electrons. The van der Waals surface area contributed by atoms with E-state index >= 15 is 0 Å². The van der Waals surface area contributed by atoms with E-state index in [4.69, 9.17) is 17.3 Å². The van der Waals surface area contributed by atoms with Gasteiger partial charge in [-0.1, -0.05) is 5.57 Å². The van der Waals surface area contributed by atoms with Crippen LogP contribution in [0.5, 0.6) is 0 Å². The minimum absolute atomic E-state index is 0.147. The van der Waals surface area contributed by atoms with Crippen LogP contribution in [0.15, 0.2) is 15.2 Å². The summed E-state index contributed by atoms with van der Waals surface area (Å²) < 4.78 is 1.78. The third-order valence-electron chi connectivity index (χ3n) is 4.61. The van der Waals surface area contributed by atoms with Crippen LogP contribution in [0.1, 0.15) is 18.3 Å². The second-order valence-electron chi connectivity index (χ2n) is 6.17. The number of nitrogens with two attached hydrogens (primary N) is 1. The Kier molecular flexibility index (Phi) is 5.03. The summed E-state index contributed by atoms with van der Waals surface area (Å²) in [7, 11) is 1.80. The third kappa shape index (κ3) is 3.24. The second-order valence-corrected chi connectivity index (χ2v) is 6.55. The Labute approximate surface area is 149 Å². The lowest BCUT2D eigenvalue weighted by molar-refractivity contribution is 0.235. The predicted octanol–water partition coefficient (Wildman–Crippen LogP) is -0.204. The number of alkyl halides is 1. The highest BCUT2D eigenvalue weighted by molar-refractivity contribution is 6.18. The van der Waals surface area contributed by atoms with E-state index in [1.54, 1.807) is 11.6 Å². The van der Waals surface area contributed by atoms with E-state index in [9.17, 15) is 9.59 Å². The summed E-state index contributed by atoms with van der Waals surface area (Å²) in [6.45, 7) is 4.06. The van der Waals surface area contributed by atoms with Crippen molar-refractivity contribution in [2.45, 2.75) is 19.4 Å². The first kappa shape index (κ1) is 17.8. The Balaban J connectivity index is 2.13. The number of fused-ring (bicyclic) bond motifs is 2. The number of aromatic nitrogens is 4. The molecule has 9 heteroatoms. The molecule has 0 aromatic rings. The minimum Gasteiger partial charge on any atom is -0.329 e. The molecule has 0 spiro atoms. The standard InChI is InChI=1S/C16H21ClN6O2/c1-9-7-10-12(8-11(9)23(5-3-17)6-4-18)22(2)14-13(19-10)15(24)21-16(25)20-14/h7,11H,3-6,8,18H2,1-2H3,(H,21,24,25). The van der Waals surface area contributed by atoms with Crippen molar-refractivity contribution in [3.63, 3.8) is 0 Å². The highest BCUT2D eigenvalue weighted by atomic mass is 35.5. The largest absolute Gasteiger partial charge is 0.349 e. The lowest BCUT2D eigenvalue weighted by Gasteiger charge is -2.35. The molecule has 3 rings (SSSR count). The molecule has 0 aromatic heterocycles. The average Bonchev–Trinajstić information content (AvgIpc) is 2.56. The topological polar surface area (TPSA) is 110 Å². The summed E-state index contributed by atoms with van der Waals surface area (Å²) in [5.74, 6) is 0.816. The highest BCUT2D eigenvalue weighted by Crippen LogP contribution is 2.28. The van der Waals surface area contributed by atoms with E-state index in [0.717, 1.165) is 30.1 Å². The van der Waals surface area contributed by atoms with Crippen molar-refractivity contribution in [3.8, 4) is 11.5 Å². The SMILES string of the molecule is CC1=Cc2nc3c(=O)[nH]c(=O)nc-3n(C)c2CC1N(CCN)CCCl. The fourth-order valence-electron chi connectivity index (χ4n) is 3.38. The van der Waals surface area contributed by atoms with Gasteiger partial charge in [0.15, 0.2) is 11.5 Å². The monoisotopic (exact) mass is 364 g/mol. The third-order valence-corrected chi connectivity index (χ3v) is 4.78. The molecule has 25 heavy (non-hydrogen) atoms. The molecule has 2 heterocycles. The number of H-pyrrole nitrogens is 1. The number of halogens is 1. The van der Waals surface area contributed by atoms with Crippen molar-refractivity contribution in [3.05, 3.63) is 37.8 Å². The molecule has 2 aliphatic heterocycles. The molecule has 0 radical (unpaired) electrons. The van der Waals surface area contributed by atoms with Gasteiger partial charge in [0.05, 0.1) is 5.69 Å². The first-order valence-corrected chi connectivity index (χ1v) is 8.68. The average molecular weight is 365 g/mol. The van der Waals surface area contributed by atoms with Crippen LogP contribution in [-0.2, 0) is 13.5 Å². The summed E-state index contributed by atoms with van der Waals surface area (Å²) >= 11 is 5.94. The van der Waals surface area contributed by atoms with Gasteiger partial charge in [-0.2, -0.15) is 4.98 Å². The first-order valence-electron chi connectivity index (χ1n) is 8.14. The quantitative estimate of drug-likeness (QED) is 0.711. The van der Waals surface area contributed by atoms with Crippen molar-refractivity contribution < 1.29 is 0 Å². The molecule has 1 aliphatic carbocycles. The number of hydrogen-bond acceptors (Lipinski definition) is 6. The molecule has 0 saturated heterocycles. The number of nitrogens with zero attached hydrogens (tertiary/aromatic N) is 4. The maximum atomic E-state index is 12.0. The zero-order valence-electron chi connectivity index (χ0n) is 14.3.